The third kappa shape index (κ3) is 2.65. The number of benzene rings is 1. The summed E-state index contributed by atoms with van der Waals surface area (Å²) in [7, 11) is 3.66. The van der Waals surface area contributed by atoms with E-state index in [4.69, 9.17) is 4.74 Å². The lowest BCUT2D eigenvalue weighted by Crippen LogP contribution is -2.47. The van der Waals surface area contributed by atoms with Crippen LogP contribution in [-0.2, 0) is 7.05 Å². The van der Waals surface area contributed by atoms with Crippen LogP contribution in [0.5, 0.6) is 5.75 Å². The van der Waals surface area contributed by atoms with Gasteiger partial charge in [0.1, 0.15) is 17.6 Å². The fourth-order valence-electron chi connectivity index (χ4n) is 3.39. The van der Waals surface area contributed by atoms with E-state index >= 15 is 0 Å². The minimum atomic E-state index is 0.883. The van der Waals surface area contributed by atoms with Crippen LogP contribution in [0.1, 0.15) is 5.69 Å². The molecule has 2 aromatic heterocycles. The molecule has 1 aromatic carbocycles. The molecule has 3 aromatic rings. The first-order chi connectivity index (χ1) is 12.2. The van der Waals surface area contributed by atoms with Gasteiger partial charge in [0.2, 0.25) is 0 Å². The standard InChI is InChI=1S/C18H22N6O/c1-13-16-17(21-22(13)2)18(20-12-19-16)24-10-8-23(9-11-24)14-6-4-5-7-15(14)25-3/h4-7,12H,8-11H2,1-3H3. The highest BCUT2D eigenvalue weighted by molar-refractivity contribution is 5.87. The van der Waals surface area contributed by atoms with Gasteiger partial charge < -0.3 is 14.5 Å². The fraction of sp³-hybridized carbons (Fsp3) is 0.389. The first-order valence-corrected chi connectivity index (χ1v) is 8.46. The fourth-order valence-corrected chi connectivity index (χ4v) is 3.39. The third-order valence-electron chi connectivity index (χ3n) is 4.89. The van der Waals surface area contributed by atoms with Crippen molar-refractivity contribution in [2.24, 2.45) is 7.05 Å². The first-order valence-electron chi connectivity index (χ1n) is 8.46. The summed E-state index contributed by atoms with van der Waals surface area (Å²) >= 11 is 0. The number of hydrogen-bond acceptors (Lipinski definition) is 6. The maximum absolute atomic E-state index is 5.49. The Kier molecular flexibility index (Phi) is 3.91. The highest BCUT2D eigenvalue weighted by Gasteiger charge is 2.23. The average molecular weight is 338 g/mol. The monoisotopic (exact) mass is 338 g/mol. The van der Waals surface area contributed by atoms with Gasteiger partial charge in [0.25, 0.3) is 0 Å². The maximum Gasteiger partial charge on any atom is 0.160 e. The van der Waals surface area contributed by atoms with Gasteiger partial charge in [0.15, 0.2) is 11.3 Å². The Morgan fingerprint density at radius 2 is 1.68 bits per heavy atom. The molecule has 4 rings (SSSR count). The van der Waals surface area contributed by atoms with Gasteiger partial charge in [-0.3, -0.25) is 4.68 Å². The molecule has 0 unspecified atom stereocenters. The van der Waals surface area contributed by atoms with Gasteiger partial charge >= 0.3 is 0 Å². The lowest BCUT2D eigenvalue weighted by molar-refractivity contribution is 0.413. The van der Waals surface area contributed by atoms with Crippen LogP contribution in [0.15, 0.2) is 30.6 Å². The second-order valence-electron chi connectivity index (χ2n) is 6.25. The number of methoxy groups -OCH3 is 1. The minimum Gasteiger partial charge on any atom is -0.495 e. The van der Waals surface area contributed by atoms with Crippen molar-refractivity contribution in [3.8, 4) is 5.75 Å². The molecule has 7 heteroatoms. The molecule has 130 valence electrons. The van der Waals surface area contributed by atoms with E-state index in [0.717, 1.165) is 60.2 Å². The van der Waals surface area contributed by atoms with E-state index in [0.29, 0.717) is 0 Å². The van der Waals surface area contributed by atoms with Gasteiger partial charge in [-0.1, -0.05) is 12.1 Å². The van der Waals surface area contributed by atoms with E-state index in [9.17, 15) is 0 Å². The molecule has 0 N–H and O–H groups in total. The van der Waals surface area contributed by atoms with Crippen LogP contribution in [0, 0.1) is 6.92 Å². The summed E-state index contributed by atoms with van der Waals surface area (Å²) < 4.78 is 7.36. The molecule has 1 aliphatic heterocycles. The number of fused-ring (bicyclic) bond motifs is 1. The molecule has 25 heavy (non-hydrogen) atoms. The number of anilines is 2. The number of hydrogen-bond donors (Lipinski definition) is 0. The zero-order valence-corrected chi connectivity index (χ0v) is 14.8. The molecule has 3 heterocycles. The lowest BCUT2D eigenvalue weighted by Gasteiger charge is -2.37. The van der Waals surface area contributed by atoms with E-state index in [2.05, 4.69) is 37.0 Å². The topological polar surface area (TPSA) is 59.3 Å². The van der Waals surface area contributed by atoms with Gasteiger partial charge in [0.05, 0.1) is 18.5 Å². The summed E-state index contributed by atoms with van der Waals surface area (Å²) in [5, 5.41) is 4.61. The summed E-state index contributed by atoms with van der Waals surface area (Å²) in [6, 6.07) is 8.17. The molecular formula is C18H22N6O. The Labute approximate surface area is 146 Å². The lowest BCUT2D eigenvalue weighted by atomic mass is 10.2. The smallest absolute Gasteiger partial charge is 0.160 e. The second-order valence-corrected chi connectivity index (χ2v) is 6.25. The van der Waals surface area contributed by atoms with Gasteiger partial charge in [-0.2, -0.15) is 5.10 Å². The molecule has 1 fully saturated rings. The predicted molar refractivity (Wildman–Crippen MR) is 98.5 cm³/mol. The van der Waals surface area contributed by atoms with Crippen LogP contribution < -0.4 is 14.5 Å². The van der Waals surface area contributed by atoms with Gasteiger partial charge in [-0.05, 0) is 19.1 Å². The maximum atomic E-state index is 5.49. The molecular weight excluding hydrogens is 316 g/mol. The molecule has 0 saturated carbocycles. The van der Waals surface area contributed by atoms with Crippen molar-refractivity contribution < 1.29 is 4.74 Å². The Hall–Kier alpha value is -2.83. The molecule has 1 saturated heterocycles. The van der Waals surface area contributed by atoms with E-state index in [1.165, 1.54) is 0 Å². The van der Waals surface area contributed by atoms with E-state index < -0.39 is 0 Å². The zero-order valence-electron chi connectivity index (χ0n) is 14.8. The Morgan fingerprint density at radius 3 is 2.44 bits per heavy atom. The highest BCUT2D eigenvalue weighted by atomic mass is 16.5. The summed E-state index contributed by atoms with van der Waals surface area (Å²) in [6.45, 7) is 5.64. The van der Waals surface area contributed by atoms with Crippen LogP contribution >= 0.6 is 0 Å². The normalized spacial score (nSPS) is 15.0. The summed E-state index contributed by atoms with van der Waals surface area (Å²) in [5.74, 6) is 1.84. The van der Waals surface area contributed by atoms with E-state index in [-0.39, 0.29) is 0 Å². The van der Waals surface area contributed by atoms with Crippen molar-refractivity contribution in [2.75, 3.05) is 43.1 Å². The number of nitrogens with zero attached hydrogens (tertiary/aromatic N) is 6. The predicted octanol–water partition coefficient (Wildman–Crippen LogP) is 2.01. The van der Waals surface area contributed by atoms with Crippen molar-refractivity contribution in [3.63, 3.8) is 0 Å². The van der Waals surface area contributed by atoms with Gasteiger partial charge in [0, 0.05) is 33.2 Å². The van der Waals surface area contributed by atoms with Crippen LogP contribution in [-0.4, -0.2) is 53.0 Å². The summed E-state index contributed by atoms with van der Waals surface area (Å²) in [6.07, 6.45) is 1.64. The molecule has 0 spiro atoms. The number of piperazine rings is 1. The highest BCUT2D eigenvalue weighted by Crippen LogP contribution is 2.30. The van der Waals surface area contributed by atoms with E-state index in [1.54, 1.807) is 13.4 Å². The zero-order chi connectivity index (χ0) is 17.4. The number of aromatic nitrogens is 4. The second kappa shape index (κ2) is 6.23. The van der Waals surface area contributed by atoms with Crippen LogP contribution in [0.3, 0.4) is 0 Å². The van der Waals surface area contributed by atoms with Crippen molar-refractivity contribution in [1.29, 1.82) is 0 Å². The average Bonchev–Trinajstić information content (AvgIpc) is 2.96. The van der Waals surface area contributed by atoms with Crippen LogP contribution in [0.25, 0.3) is 11.0 Å². The quantitative estimate of drug-likeness (QED) is 0.728. The number of para-hydroxylation sites is 2. The number of rotatable bonds is 3. The molecule has 0 bridgehead atoms. The molecule has 0 aliphatic carbocycles. The number of ether oxygens (including phenoxy) is 1. The molecule has 0 atom stereocenters. The Morgan fingerprint density at radius 1 is 0.960 bits per heavy atom. The number of aryl methyl sites for hydroxylation is 2. The summed E-state index contributed by atoms with van der Waals surface area (Å²) in [4.78, 5) is 13.6. The molecule has 0 radical (unpaired) electrons. The van der Waals surface area contributed by atoms with Crippen molar-refractivity contribution >= 4 is 22.5 Å². The summed E-state index contributed by atoms with van der Waals surface area (Å²) in [5.41, 5.74) is 4.02. The Balaban J connectivity index is 1.57. The van der Waals surface area contributed by atoms with Crippen LogP contribution in [0.4, 0.5) is 11.5 Å². The Bertz CT molecular complexity index is 898. The SMILES string of the molecule is COc1ccccc1N1CCN(c2ncnc3c(C)n(C)nc23)CC1. The minimum absolute atomic E-state index is 0.883. The van der Waals surface area contributed by atoms with Crippen molar-refractivity contribution in [1.82, 2.24) is 19.7 Å². The van der Waals surface area contributed by atoms with Gasteiger partial charge in [-0.25, -0.2) is 9.97 Å². The molecule has 0 amide bonds. The van der Waals surface area contributed by atoms with Crippen molar-refractivity contribution in [2.45, 2.75) is 6.92 Å². The molecule has 7 nitrogen and oxygen atoms in total. The largest absolute Gasteiger partial charge is 0.495 e. The first kappa shape index (κ1) is 15.7. The van der Waals surface area contributed by atoms with E-state index in [1.807, 2.05) is 30.8 Å². The third-order valence-corrected chi connectivity index (χ3v) is 4.89. The van der Waals surface area contributed by atoms with Crippen LogP contribution in [0.2, 0.25) is 0 Å². The van der Waals surface area contributed by atoms with Crippen molar-refractivity contribution in [3.05, 3.63) is 36.3 Å². The molecule has 1 aliphatic rings. The van der Waals surface area contributed by atoms with Gasteiger partial charge in [-0.15, -0.1) is 0 Å².